The number of aryl methyl sites for hydroxylation is 3. The fourth-order valence-corrected chi connectivity index (χ4v) is 6.18. The number of carboxylic acids is 1. The third-order valence-corrected chi connectivity index (χ3v) is 8.85. The van der Waals surface area contributed by atoms with E-state index >= 15 is 4.39 Å². The Kier molecular flexibility index (Phi) is 11.4. The van der Waals surface area contributed by atoms with E-state index in [1.54, 1.807) is 33.9 Å². The Bertz CT molecular complexity index is 1730. The second kappa shape index (κ2) is 14.9. The number of ether oxygens (including phenoxy) is 1. The molecule has 0 aliphatic carbocycles. The zero-order valence-electron chi connectivity index (χ0n) is 28.1. The Labute approximate surface area is 277 Å². The summed E-state index contributed by atoms with van der Waals surface area (Å²) in [5.74, 6) is -2.32. The van der Waals surface area contributed by atoms with Crippen LogP contribution in [0.5, 0.6) is 5.75 Å². The molecule has 1 unspecified atom stereocenters. The predicted molar refractivity (Wildman–Crippen MR) is 175 cm³/mol. The molecule has 4 rings (SSSR count). The number of halogens is 4. The van der Waals surface area contributed by atoms with Gasteiger partial charge in [0.2, 0.25) is 5.91 Å². The van der Waals surface area contributed by atoms with Crippen LogP contribution >= 0.6 is 0 Å². The van der Waals surface area contributed by atoms with Crippen LogP contribution in [-0.2, 0) is 22.2 Å². The van der Waals surface area contributed by atoms with E-state index in [4.69, 9.17) is 4.74 Å². The molecule has 1 saturated heterocycles. The smallest absolute Gasteiger partial charge is 0.416 e. The number of aromatic nitrogens is 1. The van der Waals surface area contributed by atoms with Gasteiger partial charge in [-0.15, -0.1) is 0 Å². The molecular formula is C36H43F4N3O5. The van der Waals surface area contributed by atoms with E-state index in [0.29, 0.717) is 23.9 Å². The van der Waals surface area contributed by atoms with E-state index in [-0.39, 0.29) is 35.4 Å². The number of methoxy groups -OCH3 is 1. The first-order chi connectivity index (χ1) is 22.5. The van der Waals surface area contributed by atoms with Crippen LogP contribution in [0.15, 0.2) is 41.3 Å². The van der Waals surface area contributed by atoms with Crippen LogP contribution in [0.25, 0.3) is 11.1 Å². The van der Waals surface area contributed by atoms with Crippen molar-refractivity contribution in [2.45, 2.75) is 78.6 Å². The molecule has 2 atom stereocenters. The minimum Gasteiger partial charge on any atom is -0.496 e. The van der Waals surface area contributed by atoms with E-state index < -0.39 is 53.5 Å². The normalized spacial score (nSPS) is 14.8. The molecule has 1 aliphatic rings. The summed E-state index contributed by atoms with van der Waals surface area (Å²) in [5.41, 5.74) is 1.01. The molecule has 2 aromatic carbocycles. The van der Waals surface area contributed by atoms with E-state index in [1.165, 1.54) is 6.07 Å². The van der Waals surface area contributed by atoms with Crippen molar-refractivity contribution in [2.75, 3.05) is 26.7 Å². The fraction of sp³-hybridized carbons (Fsp3) is 0.472. The monoisotopic (exact) mass is 673 g/mol. The van der Waals surface area contributed by atoms with Gasteiger partial charge >= 0.3 is 12.1 Å². The van der Waals surface area contributed by atoms with Gasteiger partial charge in [-0.25, -0.2) is 4.39 Å². The lowest BCUT2D eigenvalue weighted by molar-refractivity contribution is -0.139. The third-order valence-electron chi connectivity index (χ3n) is 8.85. The molecule has 12 heteroatoms. The van der Waals surface area contributed by atoms with Crippen molar-refractivity contribution in [3.05, 3.63) is 86.1 Å². The van der Waals surface area contributed by atoms with Gasteiger partial charge in [-0.2, -0.15) is 13.2 Å². The third kappa shape index (κ3) is 8.44. The highest BCUT2D eigenvalue weighted by atomic mass is 19.4. The van der Waals surface area contributed by atoms with Crippen molar-refractivity contribution in [3.63, 3.8) is 0 Å². The first-order valence-electron chi connectivity index (χ1n) is 16.0. The van der Waals surface area contributed by atoms with Gasteiger partial charge in [0.1, 0.15) is 17.6 Å². The summed E-state index contributed by atoms with van der Waals surface area (Å²) in [5, 5.41) is 12.5. The lowest BCUT2D eigenvalue weighted by atomic mass is 9.91. The lowest BCUT2D eigenvalue weighted by Gasteiger charge is -2.31. The highest BCUT2D eigenvalue weighted by molar-refractivity contribution is 5.82. The van der Waals surface area contributed by atoms with Crippen LogP contribution in [0.4, 0.5) is 17.6 Å². The molecule has 1 amide bonds. The molecule has 2 heterocycles. The molecule has 1 fully saturated rings. The number of nitrogens with one attached hydrogen (secondary N) is 1. The maximum atomic E-state index is 15.8. The molecule has 0 bridgehead atoms. The summed E-state index contributed by atoms with van der Waals surface area (Å²) in [6.45, 7) is 10.8. The second-order valence-corrected chi connectivity index (χ2v) is 13.0. The number of carbonyl (C=O) groups excluding carboxylic acids is 1. The average Bonchev–Trinajstić information content (AvgIpc) is 2.96. The van der Waals surface area contributed by atoms with Gasteiger partial charge in [0.05, 0.1) is 25.1 Å². The standard InChI is InChI=1S/C36H43F4N3O5/c1-20(2)12-30(43-19-24(8-11-42-9-7-10-42)28(17-32(43)44)36(38,39)40)35(47)41-29(18-33(45)46)27-16-25(13-23(5)34(27)37)26-14-22(4)31(48-6)15-21(26)3/h13-17,19-20,29-30H,7-12,18H2,1-6H3,(H,41,47)(H,45,46)/t29-,30?/m0/s1. The van der Waals surface area contributed by atoms with Crippen molar-refractivity contribution in [2.24, 2.45) is 5.92 Å². The number of carboxylic acid groups (broad SMARTS) is 1. The number of hydrogen-bond donors (Lipinski definition) is 2. The van der Waals surface area contributed by atoms with Crippen molar-refractivity contribution < 1.29 is 37.0 Å². The summed E-state index contributed by atoms with van der Waals surface area (Å²) < 4.78 is 64.2. The van der Waals surface area contributed by atoms with Crippen LogP contribution < -0.4 is 15.6 Å². The highest BCUT2D eigenvalue weighted by Crippen LogP contribution is 2.35. The molecule has 0 saturated carbocycles. The topological polar surface area (TPSA) is 101 Å². The molecular weight excluding hydrogens is 630 g/mol. The highest BCUT2D eigenvalue weighted by Gasteiger charge is 2.36. The molecule has 3 aromatic rings. The largest absolute Gasteiger partial charge is 0.496 e. The first-order valence-corrected chi connectivity index (χ1v) is 16.0. The molecule has 48 heavy (non-hydrogen) atoms. The number of benzene rings is 2. The van der Waals surface area contributed by atoms with E-state index in [9.17, 15) is 32.7 Å². The number of amides is 1. The molecule has 8 nitrogen and oxygen atoms in total. The number of aliphatic carboxylic acids is 1. The summed E-state index contributed by atoms with van der Waals surface area (Å²) in [6.07, 6.45) is -3.30. The average molecular weight is 674 g/mol. The number of alkyl halides is 3. The van der Waals surface area contributed by atoms with Crippen molar-refractivity contribution in [1.29, 1.82) is 0 Å². The molecule has 1 aliphatic heterocycles. The van der Waals surface area contributed by atoms with Crippen LogP contribution in [0.1, 0.15) is 78.6 Å². The van der Waals surface area contributed by atoms with Crippen LogP contribution in [0, 0.1) is 32.5 Å². The van der Waals surface area contributed by atoms with E-state index in [1.807, 2.05) is 30.9 Å². The van der Waals surface area contributed by atoms with Crippen molar-refractivity contribution >= 4 is 11.9 Å². The number of carbonyl (C=O) groups is 2. The lowest BCUT2D eigenvalue weighted by Crippen LogP contribution is -2.41. The Morgan fingerprint density at radius 1 is 1.02 bits per heavy atom. The summed E-state index contributed by atoms with van der Waals surface area (Å²) in [6, 6.07) is 4.75. The van der Waals surface area contributed by atoms with Crippen LogP contribution in [0.3, 0.4) is 0 Å². The van der Waals surface area contributed by atoms with Crippen molar-refractivity contribution in [3.8, 4) is 16.9 Å². The minimum absolute atomic E-state index is 0.0221. The zero-order valence-corrected chi connectivity index (χ0v) is 28.1. The molecule has 0 radical (unpaired) electrons. The quantitative estimate of drug-likeness (QED) is 0.194. The first kappa shape index (κ1) is 36.6. The predicted octanol–water partition coefficient (Wildman–Crippen LogP) is 6.77. The number of nitrogens with zero attached hydrogens (tertiary/aromatic N) is 2. The van der Waals surface area contributed by atoms with Gasteiger partial charge in [-0.05, 0) is 117 Å². The number of hydrogen-bond acceptors (Lipinski definition) is 5. The van der Waals surface area contributed by atoms with E-state index in [0.717, 1.165) is 47.0 Å². The van der Waals surface area contributed by atoms with Gasteiger partial charge in [0.15, 0.2) is 0 Å². The minimum atomic E-state index is -4.77. The molecule has 1 aromatic heterocycles. The maximum Gasteiger partial charge on any atom is 0.416 e. The van der Waals surface area contributed by atoms with Crippen LogP contribution in [-0.4, -0.2) is 53.2 Å². The Morgan fingerprint density at radius 3 is 2.27 bits per heavy atom. The summed E-state index contributed by atoms with van der Waals surface area (Å²) in [4.78, 5) is 41.3. The van der Waals surface area contributed by atoms with Gasteiger partial charge in [-0.1, -0.05) is 13.8 Å². The van der Waals surface area contributed by atoms with E-state index in [2.05, 4.69) is 5.32 Å². The SMILES string of the molecule is COc1cc(C)c(-c2cc(C)c(F)c([C@H](CC(=O)O)NC(=O)C(CC(C)C)n3cc(CCN4CCC4)c(C(F)(F)F)cc3=O)c2)cc1C. The molecule has 0 spiro atoms. The van der Waals surface area contributed by atoms with Gasteiger partial charge < -0.3 is 24.6 Å². The van der Waals surface area contributed by atoms with Gasteiger partial charge in [-0.3, -0.25) is 14.4 Å². The second-order valence-electron chi connectivity index (χ2n) is 13.0. The fourth-order valence-electron chi connectivity index (χ4n) is 6.18. The number of pyridine rings is 1. The van der Waals surface area contributed by atoms with Crippen molar-refractivity contribution in [1.82, 2.24) is 14.8 Å². The maximum absolute atomic E-state index is 15.8. The number of likely N-dealkylation sites (tertiary alicyclic amines) is 1. The summed E-state index contributed by atoms with van der Waals surface area (Å²) >= 11 is 0. The van der Waals surface area contributed by atoms with Gasteiger partial charge in [0.25, 0.3) is 5.56 Å². The molecule has 260 valence electrons. The number of rotatable bonds is 13. The Morgan fingerprint density at radius 2 is 1.71 bits per heavy atom. The Balaban J connectivity index is 1.77. The van der Waals surface area contributed by atoms with Crippen LogP contribution in [0.2, 0.25) is 0 Å². The molecule has 2 N–H and O–H groups in total. The Hall–Kier alpha value is -4.19. The summed E-state index contributed by atoms with van der Waals surface area (Å²) in [7, 11) is 1.56. The van der Waals surface area contributed by atoms with Gasteiger partial charge in [0, 0.05) is 24.4 Å². The zero-order chi connectivity index (χ0) is 35.5.